The Bertz CT molecular complexity index is 728. The lowest BCUT2D eigenvalue weighted by atomic mass is 10.2. The van der Waals surface area contributed by atoms with E-state index in [2.05, 4.69) is 15.3 Å². The molecular weight excluding hydrogens is 277 g/mol. The summed E-state index contributed by atoms with van der Waals surface area (Å²) in [6.07, 6.45) is 0.318. The predicted molar refractivity (Wildman–Crippen MR) is 73.7 cm³/mol. The normalized spacial score (nSPS) is 10.4. The minimum absolute atomic E-state index is 0.138. The van der Waals surface area contributed by atoms with Crippen molar-refractivity contribution in [1.29, 1.82) is 0 Å². The smallest absolute Gasteiger partial charge is 0.255 e. The van der Waals surface area contributed by atoms with Gasteiger partial charge in [0.25, 0.3) is 11.5 Å². The molecular formula is C14H14FN3O3. The topological polar surface area (TPSA) is 95.1 Å². The molecule has 0 aliphatic heterocycles. The quantitative estimate of drug-likeness (QED) is 0.779. The van der Waals surface area contributed by atoms with Crippen molar-refractivity contribution < 1.29 is 14.3 Å². The molecule has 7 heteroatoms. The van der Waals surface area contributed by atoms with Crippen LogP contribution in [0.1, 0.15) is 21.9 Å². The monoisotopic (exact) mass is 291 g/mol. The third-order valence-corrected chi connectivity index (χ3v) is 2.80. The first-order valence-electron chi connectivity index (χ1n) is 6.30. The first-order chi connectivity index (χ1) is 9.97. The van der Waals surface area contributed by atoms with Crippen LogP contribution in [0.2, 0.25) is 0 Å². The Hall–Kier alpha value is -2.70. The zero-order chi connectivity index (χ0) is 15.4. The third kappa shape index (κ3) is 3.65. The van der Waals surface area contributed by atoms with Crippen LogP contribution in [-0.2, 0) is 6.42 Å². The number of aromatic hydroxyl groups is 1. The number of amides is 1. The summed E-state index contributed by atoms with van der Waals surface area (Å²) < 4.78 is 13.1. The van der Waals surface area contributed by atoms with E-state index in [1.807, 2.05) is 0 Å². The zero-order valence-corrected chi connectivity index (χ0v) is 11.3. The Morgan fingerprint density at radius 2 is 2.24 bits per heavy atom. The highest BCUT2D eigenvalue weighted by Crippen LogP contribution is 2.20. The van der Waals surface area contributed by atoms with Crippen molar-refractivity contribution >= 4 is 5.91 Å². The van der Waals surface area contributed by atoms with Crippen molar-refractivity contribution in [2.45, 2.75) is 13.3 Å². The van der Waals surface area contributed by atoms with Gasteiger partial charge in [-0.1, -0.05) is 6.07 Å². The Balaban J connectivity index is 1.98. The summed E-state index contributed by atoms with van der Waals surface area (Å²) in [4.78, 5) is 29.7. The van der Waals surface area contributed by atoms with Gasteiger partial charge in [0, 0.05) is 24.7 Å². The lowest BCUT2D eigenvalue weighted by Gasteiger charge is -2.07. The van der Waals surface area contributed by atoms with Gasteiger partial charge in [0.05, 0.1) is 5.56 Å². The number of aryl methyl sites for hydroxylation is 1. The van der Waals surface area contributed by atoms with E-state index < -0.39 is 17.5 Å². The molecule has 2 rings (SSSR count). The number of aromatic nitrogens is 2. The first kappa shape index (κ1) is 14.7. The highest BCUT2D eigenvalue weighted by molar-refractivity contribution is 5.96. The summed E-state index contributed by atoms with van der Waals surface area (Å²) in [5.41, 5.74) is 0.190. The second kappa shape index (κ2) is 6.17. The standard InChI is InChI=1S/C14H14FN3O3/c1-8-7-12(19)18-11(17-8)5-6-16-14(21)9-3-2-4-10(15)13(9)20/h2-4,7,20H,5-6H2,1H3,(H,16,21)(H,17,18,19). The van der Waals surface area contributed by atoms with Crippen LogP contribution in [0.25, 0.3) is 0 Å². The molecule has 0 fully saturated rings. The number of aromatic amines is 1. The number of benzene rings is 1. The molecule has 0 saturated heterocycles. The summed E-state index contributed by atoms with van der Waals surface area (Å²) in [5.74, 6) is -1.69. The molecule has 110 valence electrons. The van der Waals surface area contributed by atoms with Crippen molar-refractivity contribution in [3.63, 3.8) is 0 Å². The number of carbonyl (C=O) groups excluding carboxylic acids is 1. The number of nitrogens with one attached hydrogen (secondary N) is 2. The van der Waals surface area contributed by atoms with Gasteiger partial charge in [-0.2, -0.15) is 0 Å². The van der Waals surface area contributed by atoms with Crippen LogP contribution in [0.3, 0.4) is 0 Å². The zero-order valence-electron chi connectivity index (χ0n) is 11.3. The number of H-pyrrole nitrogens is 1. The van der Waals surface area contributed by atoms with Gasteiger partial charge < -0.3 is 15.4 Å². The van der Waals surface area contributed by atoms with E-state index in [0.29, 0.717) is 17.9 Å². The Labute approximate surface area is 119 Å². The average molecular weight is 291 g/mol. The van der Waals surface area contributed by atoms with Crippen molar-refractivity contribution in [2.24, 2.45) is 0 Å². The second-order valence-electron chi connectivity index (χ2n) is 4.48. The van der Waals surface area contributed by atoms with Crippen LogP contribution in [0.4, 0.5) is 4.39 Å². The minimum Gasteiger partial charge on any atom is -0.504 e. The lowest BCUT2D eigenvalue weighted by molar-refractivity contribution is 0.0950. The van der Waals surface area contributed by atoms with E-state index in [0.717, 1.165) is 6.07 Å². The summed E-state index contributed by atoms with van der Waals surface area (Å²) in [5, 5.41) is 12.0. The number of halogens is 1. The van der Waals surface area contributed by atoms with E-state index in [4.69, 9.17) is 0 Å². The fourth-order valence-corrected chi connectivity index (χ4v) is 1.85. The first-order valence-corrected chi connectivity index (χ1v) is 6.30. The number of hydrogen-bond acceptors (Lipinski definition) is 4. The van der Waals surface area contributed by atoms with Crippen LogP contribution in [0.15, 0.2) is 29.1 Å². The molecule has 1 aromatic heterocycles. The van der Waals surface area contributed by atoms with Crippen molar-refractivity contribution in [1.82, 2.24) is 15.3 Å². The average Bonchev–Trinajstić information content (AvgIpc) is 2.40. The Morgan fingerprint density at radius 3 is 2.95 bits per heavy atom. The Morgan fingerprint density at radius 1 is 1.48 bits per heavy atom. The highest BCUT2D eigenvalue weighted by atomic mass is 19.1. The van der Waals surface area contributed by atoms with Gasteiger partial charge in [-0.15, -0.1) is 0 Å². The van der Waals surface area contributed by atoms with Gasteiger partial charge in [0.2, 0.25) is 0 Å². The van der Waals surface area contributed by atoms with Crippen molar-refractivity contribution in [2.75, 3.05) is 6.54 Å². The van der Waals surface area contributed by atoms with Crippen LogP contribution in [-0.4, -0.2) is 27.5 Å². The molecule has 3 N–H and O–H groups in total. The molecule has 1 aromatic carbocycles. The summed E-state index contributed by atoms with van der Waals surface area (Å²) in [7, 11) is 0. The maximum absolute atomic E-state index is 13.1. The minimum atomic E-state index is -0.854. The molecule has 0 saturated carbocycles. The lowest BCUT2D eigenvalue weighted by Crippen LogP contribution is -2.27. The van der Waals surface area contributed by atoms with Crippen molar-refractivity contribution in [3.05, 3.63) is 57.5 Å². The van der Waals surface area contributed by atoms with Gasteiger partial charge >= 0.3 is 0 Å². The summed E-state index contributed by atoms with van der Waals surface area (Å²) in [6, 6.07) is 5.09. The van der Waals surface area contributed by atoms with Crippen LogP contribution >= 0.6 is 0 Å². The molecule has 0 spiro atoms. The van der Waals surface area contributed by atoms with Crippen LogP contribution in [0, 0.1) is 12.7 Å². The number of phenolic OH excluding ortho intramolecular Hbond substituents is 1. The molecule has 1 heterocycles. The number of para-hydroxylation sites is 1. The number of carbonyl (C=O) groups is 1. The van der Waals surface area contributed by atoms with E-state index in [-0.39, 0.29) is 17.7 Å². The molecule has 0 bridgehead atoms. The van der Waals surface area contributed by atoms with Gasteiger partial charge in [-0.25, -0.2) is 9.37 Å². The summed E-state index contributed by atoms with van der Waals surface area (Å²) >= 11 is 0. The molecule has 0 atom stereocenters. The molecule has 0 aliphatic rings. The summed E-state index contributed by atoms with van der Waals surface area (Å²) in [6.45, 7) is 1.89. The van der Waals surface area contributed by atoms with Crippen LogP contribution in [0.5, 0.6) is 5.75 Å². The highest BCUT2D eigenvalue weighted by Gasteiger charge is 2.13. The molecule has 1 amide bonds. The van der Waals surface area contributed by atoms with Gasteiger partial charge in [-0.05, 0) is 19.1 Å². The number of hydrogen-bond donors (Lipinski definition) is 3. The predicted octanol–water partition coefficient (Wildman–Crippen LogP) is 0.896. The van der Waals surface area contributed by atoms with Crippen LogP contribution < -0.4 is 10.9 Å². The Kier molecular flexibility index (Phi) is 4.32. The maximum atomic E-state index is 13.1. The third-order valence-electron chi connectivity index (χ3n) is 2.80. The molecule has 6 nitrogen and oxygen atoms in total. The molecule has 2 aromatic rings. The van der Waals surface area contributed by atoms with Gasteiger partial charge in [-0.3, -0.25) is 9.59 Å². The van der Waals surface area contributed by atoms with Gasteiger partial charge in [0.15, 0.2) is 11.6 Å². The fraction of sp³-hybridized carbons (Fsp3) is 0.214. The van der Waals surface area contributed by atoms with Gasteiger partial charge in [0.1, 0.15) is 5.82 Å². The maximum Gasteiger partial charge on any atom is 0.255 e. The fourth-order valence-electron chi connectivity index (χ4n) is 1.85. The molecule has 21 heavy (non-hydrogen) atoms. The van der Waals surface area contributed by atoms with E-state index in [9.17, 15) is 19.1 Å². The molecule has 0 unspecified atom stereocenters. The van der Waals surface area contributed by atoms with Crippen molar-refractivity contribution in [3.8, 4) is 5.75 Å². The van der Waals surface area contributed by atoms with E-state index >= 15 is 0 Å². The largest absolute Gasteiger partial charge is 0.504 e. The number of phenols is 1. The van der Waals surface area contributed by atoms with E-state index in [1.54, 1.807) is 6.92 Å². The van der Waals surface area contributed by atoms with E-state index in [1.165, 1.54) is 18.2 Å². The SMILES string of the molecule is Cc1cc(=O)[nH]c(CCNC(=O)c2cccc(F)c2O)n1. The molecule has 0 aliphatic carbocycles. The molecule has 0 radical (unpaired) electrons. The number of rotatable bonds is 4. The number of nitrogens with zero attached hydrogens (tertiary/aromatic N) is 1. The second-order valence-corrected chi connectivity index (χ2v) is 4.48.